The normalized spacial score (nSPS) is 17.6. The molecule has 1 aromatic carbocycles. The zero-order valence-electron chi connectivity index (χ0n) is 14.7. The number of guanidine groups is 1. The maximum atomic E-state index is 4.73. The Balaban J connectivity index is 1.57. The highest BCUT2D eigenvalue weighted by atomic mass is 32.2. The van der Waals surface area contributed by atoms with E-state index in [0.29, 0.717) is 6.54 Å². The summed E-state index contributed by atoms with van der Waals surface area (Å²) >= 11 is 2.06. The molecule has 3 rings (SSSR count). The molecule has 2 heterocycles. The maximum Gasteiger partial charge on any atom is 0.191 e. The van der Waals surface area contributed by atoms with E-state index >= 15 is 0 Å². The Morgan fingerprint density at radius 2 is 2.28 bits per heavy atom. The quantitative estimate of drug-likeness (QED) is 0.587. The molecule has 2 aromatic rings. The second-order valence-electron chi connectivity index (χ2n) is 6.12. The summed E-state index contributed by atoms with van der Waals surface area (Å²) in [4.78, 5) is 8.72. The van der Waals surface area contributed by atoms with Crippen LogP contribution >= 0.6 is 11.8 Å². The molecule has 1 saturated heterocycles. The minimum Gasteiger partial charge on any atom is -0.357 e. The van der Waals surface area contributed by atoms with Crippen LogP contribution in [-0.4, -0.2) is 44.8 Å². The van der Waals surface area contributed by atoms with Crippen LogP contribution in [0.1, 0.15) is 30.9 Å². The highest BCUT2D eigenvalue weighted by Crippen LogP contribution is 2.25. The van der Waals surface area contributed by atoms with Crippen LogP contribution in [-0.2, 0) is 13.1 Å². The summed E-state index contributed by atoms with van der Waals surface area (Å²) in [7, 11) is 0. The molecule has 134 valence electrons. The van der Waals surface area contributed by atoms with Gasteiger partial charge in [-0.25, -0.2) is 14.7 Å². The summed E-state index contributed by atoms with van der Waals surface area (Å²) in [5, 5.41) is 11.7. The van der Waals surface area contributed by atoms with E-state index in [1.807, 2.05) is 4.68 Å². The maximum absolute atomic E-state index is 4.73. The van der Waals surface area contributed by atoms with Crippen LogP contribution in [0.15, 0.2) is 41.9 Å². The van der Waals surface area contributed by atoms with Gasteiger partial charge in [0.25, 0.3) is 0 Å². The van der Waals surface area contributed by atoms with Gasteiger partial charge in [0.2, 0.25) is 0 Å². The van der Waals surface area contributed by atoms with E-state index in [-0.39, 0.29) is 0 Å². The van der Waals surface area contributed by atoms with Crippen LogP contribution in [0.3, 0.4) is 0 Å². The van der Waals surface area contributed by atoms with E-state index in [1.54, 1.807) is 12.7 Å². The Labute approximate surface area is 153 Å². The predicted molar refractivity (Wildman–Crippen MR) is 104 cm³/mol. The standard InChI is InChI=1S/C18H26N6S/c1-2-20-18(22-11-17-7-4-8-25-17)21-10-15-5-3-6-16(9-15)12-24-14-19-13-23-24/h3,5-6,9,13-14,17H,2,4,7-8,10-12H2,1H3,(H2,20,21,22). The Morgan fingerprint density at radius 3 is 3.04 bits per heavy atom. The molecule has 0 aliphatic carbocycles. The fourth-order valence-electron chi connectivity index (χ4n) is 2.86. The van der Waals surface area contributed by atoms with Crippen molar-refractivity contribution >= 4 is 17.7 Å². The number of nitrogens with zero attached hydrogens (tertiary/aromatic N) is 4. The largest absolute Gasteiger partial charge is 0.357 e. The molecule has 25 heavy (non-hydrogen) atoms. The molecular formula is C18H26N6S. The fourth-order valence-corrected chi connectivity index (χ4v) is 4.06. The molecule has 1 unspecified atom stereocenters. The molecule has 6 nitrogen and oxygen atoms in total. The first-order valence-electron chi connectivity index (χ1n) is 8.87. The van der Waals surface area contributed by atoms with Crippen molar-refractivity contribution in [3.05, 3.63) is 48.0 Å². The first-order valence-corrected chi connectivity index (χ1v) is 9.92. The van der Waals surface area contributed by atoms with Gasteiger partial charge in [0.15, 0.2) is 5.96 Å². The van der Waals surface area contributed by atoms with Gasteiger partial charge < -0.3 is 10.6 Å². The Bertz CT molecular complexity index is 664. The van der Waals surface area contributed by atoms with Crippen molar-refractivity contribution in [1.29, 1.82) is 0 Å². The van der Waals surface area contributed by atoms with Crippen LogP contribution in [0, 0.1) is 0 Å². The predicted octanol–water partition coefficient (Wildman–Crippen LogP) is 2.28. The number of aliphatic imine (C=N–C) groups is 1. The van der Waals surface area contributed by atoms with Crippen molar-refractivity contribution in [2.45, 2.75) is 38.1 Å². The van der Waals surface area contributed by atoms with Crippen molar-refractivity contribution in [2.24, 2.45) is 4.99 Å². The lowest BCUT2D eigenvalue weighted by atomic mass is 10.1. The molecule has 1 aliphatic rings. The van der Waals surface area contributed by atoms with Gasteiger partial charge in [0, 0.05) is 18.3 Å². The highest BCUT2D eigenvalue weighted by molar-refractivity contribution is 8.00. The average Bonchev–Trinajstić information content (AvgIpc) is 3.31. The van der Waals surface area contributed by atoms with E-state index in [0.717, 1.165) is 30.8 Å². The van der Waals surface area contributed by atoms with Gasteiger partial charge >= 0.3 is 0 Å². The molecule has 0 bridgehead atoms. The lowest BCUT2D eigenvalue weighted by molar-refractivity contribution is 0.684. The first-order chi connectivity index (χ1) is 12.3. The molecule has 1 atom stereocenters. The summed E-state index contributed by atoms with van der Waals surface area (Å²) in [6.07, 6.45) is 5.94. The second kappa shape index (κ2) is 9.46. The molecule has 1 aliphatic heterocycles. The third-order valence-corrected chi connectivity index (χ3v) is 5.49. The van der Waals surface area contributed by atoms with Crippen LogP contribution < -0.4 is 10.6 Å². The summed E-state index contributed by atoms with van der Waals surface area (Å²) in [5.74, 6) is 2.19. The van der Waals surface area contributed by atoms with Crippen LogP contribution in [0.4, 0.5) is 0 Å². The number of hydrogen-bond donors (Lipinski definition) is 2. The zero-order chi connectivity index (χ0) is 17.3. The molecule has 1 fully saturated rings. The van der Waals surface area contributed by atoms with Crippen molar-refractivity contribution in [2.75, 3.05) is 18.8 Å². The number of nitrogens with one attached hydrogen (secondary N) is 2. The average molecular weight is 359 g/mol. The molecule has 0 radical (unpaired) electrons. The van der Waals surface area contributed by atoms with E-state index in [4.69, 9.17) is 4.99 Å². The van der Waals surface area contributed by atoms with Gasteiger partial charge in [0.1, 0.15) is 12.7 Å². The van der Waals surface area contributed by atoms with E-state index in [2.05, 4.69) is 63.7 Å². The molecule has 2 N–H and O–H groups in total. The van der Waals surface area contributed by atoms with Crippen LogP contribution in [0.5, 0.6) is 0 Å². The van der Waals surface area contributed by atoms with Gasteiger partial charge in [-0.2, -0.15) is 16.9 Å². The monoisotopic (exact) mass is 358 g/mol. The van der Waals surface area contributed by atoms with Crippen molar-refractivity contribution in [3.8, 4) is 0 Å². The number of rotatable bonds is 7. The van der Waals surface area contributed by atoms with Crippen LogP contribution in [0.2, 0.25) is 0 Å². The third-order valence-electron chi connectivity index (χ3n) is 4.09. The Morgan fingerprint density at radius 1 is 1.36 bits per heavy atom. The SMILES string of the molecule is CCNC(=NCc1cccc(Cn2cncn2)c1)NCC1CCCS1. The van der Waals surface area contributed by atoms with Gasteiger partial charge in [-0.05, 0) is 36.6 Å². The van der Waals surface area contributed by atoms with Gasteiger partial charge in [-0.3, -0.25) is 0 Å². The smallest absolute Gasteiger partial charge is 0.191 e. The number of benzene rings is 1. The molecule has 0 saturated carbocycles. The number of hydrogen-bond acceptors (Lipinski definition) is 4. The Kier molecular flexibility index (Phi) is 6.73. The second-order valence-corrected chi connectivity index (χ2v) is 7.53. The number of thioether (sulfide) groups is 1. The summed E-state index contributed by atoms with van der Waals surface area (Å²) in [6, 6.07) is 8.48. The third kappa shape index (κ3) is 5.77. The first kappa shape index (κ1) is 17.8. The van der Waals surface area contributed by atoms with Crippen LogP contribution in [0.25, 0.3) is 0 Å². The Hall–Kier alpha value is -2.02. The summed E-state index contributed by atoms with van der Waals surface area (Å²) < 4.78 is 1.83. The minimum atomic E-state index is 0.665. The molecule has 7 heteroatoms. The van der Waals surface area contributed by atoms with Gasteiger partial charge in [-0.15, -0.1) is 0 Å². The summed E-state index contributed by atoms with van der Waals surface area (Å²) in [6.45, 7) is 5.35. The molecule has 0 spiro atoms. The molecular weight excluding hydrogens is 332 g/mol. The van der Waals surface area contributed by atoms with E-state index in [1.165, 1.54) is 29.7 Å². The minimum absolute atomic E-state index is 0.665. The van der Waals surface area contributed by atoms with Gasteiger partial charge in [-0.1, -0.05) is 24.3 Å². The lowest BCUT2D eigenvalue weighted by Gasteiger charge is -2.14. The number of aromatic nitrogens is 3. The van der Waals surface area contributed by atoms with E-state index < -0.39 is 0 Å². The zero-order valence-corrected chi connectivity index (χ0v) is 15.5. The van der Waals surface area contributed by atoms with Crippen molar-refractivity contribution in [3.63, 3.8) is 0 Å². The topological polar surface area (TPSA) is 67.1 Å². The van der Waals surface area contributed by atoms with Crippen molar-refractivity contribution < 1.29 is 0 Å². The van der Waals surface area contributed by atoms with Crippen molar-refractivity contribution in [1.82, 2.24) is 25.4 Å². The molecule has 0 amide bonds. The van der Waals surface area contributed by atoms with E-state index in [9.17, 15) is 0 Å². The molecule has 1 aromatic heterocycles. The summed E-state index contributed by atoms with van der Waals surface area (Å²) in [5.41, 5.74) is 2.41. The van der Waals surface area contributed by atoms with Gasteiger partial charge in [0.05, 0.1) is 13.1 Å². The fraction of sp³-hybridized carbons (Fsp3) is 0.500. The lowest BCUT2D eigenvalue weighted by Crippen LogP contribution is -2.40. The highest BCUT2D eigenvalue weighted by Gasteiger charge is 2.15.